The average Bonchev–Trinajstić information content (AvgIpc) is 3.22. The molecular formula is C17H23N3O2S. The lowest BCUT2D eigenvalue weighted by atomic mass is 10.3. The fourth-order valence-electron chi connectivity index (χ4n) is 3.07. The van der Waals surface area contributed by atoms with Gasteiger partial charge < -0.3 is 14.6 Å². The lowest BCUT2D eigenvalue weighted by Crippen LogP contribution is -2.38. The molecule has 0 bridgehead atoms. The maximum atomic E-state index is 12.3. The zero-order chi connectivity index (χ0) is 15.6. The summed E-state index contributed by atoms with van der Waals surface area (Å²) in [5, 5.41) is 4.24. The first kappa shape index (κ1) is 15.2. The molecule has 1 saturated heterocycles. The maximum absolute atomic E-state index is 12.3. The van der Waals surface area contributed by atoms with Gasteiger partial charge in [-0.15, -0.1) is 11.3 Å². The van der Waals surface area contributed by atoms with Crippen LogP contribution in [-0.4, -0.2) is 54.8 Å². The number of carbonyl (C=O) groups is 1. The van der Waals surface area contributed by atoms with Crippen molar-refractivity contribution in [1.82, 2.24) is 14.8 Å². The van der Waals surface area contributed by atoms with Crippen molar-refractivity contribution in [3.63, 3.8) is 0 Å². The highest BCUT2D eigenvalue weighted by Crippen LogP contribution is 2.38. The fourth-order valence-corrected chi connectivity index (χ4v) is 4.06. The predicted molar refractivity (Wildman–Crippen MR) is 92.3 cm³/mol. The van der Waals surface area contributed by atoms with Gasteiger partial charge in [-0.1, -0.05) is 0 Å². The smallest absolute Gasteiger partial charge is 0.261 e. The molecule has 2 aromatic rings. The molecule has 2 aromatic heterocycles. The number of nitrogens with one attached hydrogen (secondary N) is 1. The molecule has 0 spiro atoms. The van der Waals surface area contributed by atoms with E-state index in [2.05, 4.69) is 27.2 Å². The lowest BCUT2D eigenvalue weighted by molar-refractivity contribution is 0.0374. The van der Waals surface area contributed by atoms with Crippen molar-refractivity contribution < 1.29 is 9.53 Å². The first-order valence-corrected chi connectivity index (χ1v) is 9.30. The number of ether oxygens (including phenoxy) is 1. The molecule has 6 heteroatoms. The first-order valence-electron chi connectivity index (χ1n) is 8.49. The highest BCUT2D eigenvalue weighted by molar-refractivity contribution is 7.20. The van der Waals surface area contributed by atoms with E-state index in [0.29, 0.717) is 6.04 Å². The third kappa shape index (κ3) is 3.59. The molecular weight excluding hydrogens is 310 g/mol. The van der Waals surface area contributed by atoms with Gasteiger partial charge in [-0.05, 0) is 31.9 Å². The molecule has 124 valence electrons. The van der Waals surface area contributed by atoms with Crippen molar-refractivity contribution >= 4 is 27.3 Å². The van der Waals surface area contributed by atoms with Gasteiger partial charge in [-0.3, -0.25) is 9.69 Å². The van der Waals surface area contributed by atoms with Crippen molar-refractivity contribution in [1.29, 1.82) is 0 Å². The highest BCUT2D eigenvalue weighted by Gasteiger charge is 2.24. The van der Waals surface area contributed by atoms with Gasteiger partial charge in [0.25, 0.3) is 5.91 Å². The van der Waals surface area contributed by atoms with Gasteiger partial charge in [0.15, 0.2) is 0 Å². The van der Waals surface area contributed by atoms with E-state index in [1.807, 2.05) is 6.07 Å². The molecule has 1 aliphatic carbocycles. The number of rotatable bonds is 6. The minimum atomic E-state index is 0.0612. The van der Waals surface area contributed by atoms with Crippen molar-refractivity contribution in [2.45, 2.75) is 25.3 Å². The van der Waals surface area contributed by atoms with Crippen LogP contribution in [-0.2, 0) is 4.74 Å². The summed E-state index contributed by atoms with van der Waals surface area (Å²) in [6, 6.07) is 2.72. The molecule has 0 radical (unpaired) electrons. The van der Waals surface area contributed by atoms with E-state index in [1.165, 1.54) is 22.9 Å². The van der Waals surface area contributed by atoms with E-state index in [-0.39, 0.29) is 5.91 Å². The standard InChI is InChI=1S/C17H23N3O2S/c21-17(18-4-1-5-19-6-8-22-9-7-19)15-10-13-11-20(14-2-3-14)12-16(13)23-15/h10-12,14H,1-9H2,(H,18,21). The Morgan fingerprint density at radius 2 is 2.13 bits per heavy atom. The Bertz CT molecular complexity index is 652. The molecule has 2 aliphatic rings. The van der Waals surface area contributed by atoms with Crippen LogP contribution in [0.25, 0.3) is 10.1 Å². The van der Waals surface area contributed by atoms with E-state index in [9.17, 15) is 4.79 Å². The van der Waals surface area contributed by atoms with Crippen molar-refractivity contribution in [2.75, 3.05) is 39.4 Å². The molecule has 2 fully saturated rings. The second kappa shape index (κ2) is 6.63. The summed E-state index contributed by atoms with van der Waals surface area (Å²) in [7, 11) is 0. The maximum Gasteiger partial charge on any atom is 0.261 e. The number of fused-ring (bicyclic) bond motifs is 1. The molecule has 1 aliphatic heterocycles. The molecule has 0 aromatic carbocycles. The van der Waals surface area contributed by atoms with Crippen molar-refractivity contribution in [3.05, 3.63) is 23.3 Å². The van der Waals surface area contributed by atoms with E-state index >= 15 is 0 Å². The topological polar surface area (TPSA) is 46.5 Å². The van der Waals surface area contributed by atoms with Crippen LogP contribution in [0.1, 0.15) is 35.0 Å². The summed E-state index contributed by atoms with van der Waals surface area (Å²) < 4.78 is 8.85. The van der Waals surface area contributed by atoms with Crippen LogP contribution >= 0.6 is 11.3 Å². The van der Waals surface area contributed by atoms with Gasteiger partial charge in [0.1, 0.15) is 0 Å². The molecule has 3 heterocycles. The Labute approximate surface area is 140 Å². The number of morpholine rings is 1. The van der Waals surface area contributed by atoms with Gasteiger partial charge >= 0.3 is 0 Å². The van der Waals surface area contributed by atoms with Crippen LogP contribution in [0.5, 0.6) is 0 Å². The zero-order valence-corrected chi connectivity index (χ0v) is 14.1. The van der Waals surface area contributed by atoms with Crippen molar-refractivity contribution in [2.24, 2.45) is 0 Å². The molecule has 23 heavy (non-hydrogen) atoms. The van der Waals surface area contributed by atoms with Gasteiger partial charge in [-0.25, -0.2) is 0 Å². The molecule has 0 unspecified atom stereocenters. The summed E-state index contributed by atoms with van der Waals surface area (Å²) in [5.74, 6) is 0.0612. The number of hydrogen-bond acceptors (Lipinski definition) is 4. The minimum Gasteiger partial charge on any atom is -0.379 e. The first-order chi connectivity index (χ1) is 11.3. The van der Waals surface area contributed by atoms with Gasteiger partial charge in [0.2, 0.25) is 0 Å². The van der Waals surface area contributed by atoms with Crippen LogP contribution in [0.3, 0.4) is 0 Å². The normalized spacial score (nSPS) is 19.3. The summed E-state index contributed by atoms with van der Waals surface area (Å²) in [6.45, 7) is 5.45. The number of hydrogen-bond donors (Lipinski definition) is 1. The van der Waals surface area contributed by atoms with E-state index in [0.717, 1.165) is 50.7 Å². The largest absolute Gasteiger partial charge is 0.379 e. The Kier molecular flexibility index (Phi) is 4.37. The van der Waals surface area contributed by atoms with Crippen LogP contribution in [0.2, 0.25) is 0 Å². The van der Waals surface area contributed by atoms with Crippen LogP contribution in [0, 0.1) is 0 Å². The van der Waals surface area contributed by atoms with Crippen LogP contribution < -0.4 is 5.32 Å². The Morgan fingerprint density at radius 1 is 1.30 bits per heavy atom. The SMILES string of the molecule is O=C(NCCCN1CCOCC1)c1cc2cn(C3CC3)cc2s1. The predicted octanol–water partition coefficient (Wildman–Crippen LogP) is 2.49. The van der Waals surface area contributed by atoms with E-state index in [1.54, 1.807) is 11.3 Å². The van der Waals surface area contributed by atoms with Crippen molar-refractivity contribution in [3.8, 4) is 0 Å². The molecule has 0 atom stereocenters. The van der Waals surface area contributed by atoms with Crippen LogP contribution in [0.4, 0.5) is 0 Å². The molecule has 4 rings (SSSR count). The second-order valence-corrected chi connectivity index (χ2v) is 7.51. The Morgan fingerprint density at radius 3 is 2.87 bits per heavy atom. The number of amides is 1. The monoisotopic (exact) mass is 333 g/mol. The third-order valence-corrected chi connectivity index (χ3v) is 5.66. The lowest BCUT2D eigenvalue weighted by Gasteiger charge is -2.26. The van der Waals surface area contributed by atoms with Crippen LogP contribution in [0.15, 0.2) is 18.5 Å². The Hall–Kier alpha value is -1.37. The van der Waals surface area contributed by atoms with Gasteiger partial charge in [0.05, 0.1) is 22.8 Å². The van der Waals surface area contributed by atoms with Gasteiger partial charge in [0, 0.05) is 43.5 Å². The quantitative estimate of drug-likeness (QED) is 0.826. The average molecular weight is 333 g/mol. The number of carbonyl (C=O) groups excluding carboxylic acids is 1. The van der Waals surface area contributed by atoms with E-state index < -0.39 is 0 Å². The Balaban J connectivity index is 1.26. The van der Waals surface area contributed by atoms with Gasteiger partial charge in [-0.2, -0.15) is 0 Å². The summed E-state index contributed by atoms with van der Waals surface area (Å²) in [4.78, 5) is 15.5. The number of thiophene rings is 1. The minimum absolute atomic E-state index is 0.0612. The molecule has 1 amide bonds. The highest BCUT2D eigenvalue weighted by atomic mass is 32.1. The summed E-state index contributed by atoms with van der Waals surface area (Å²) >= 11 is 1.60. The fraction of sp³-hybridized carbons (Fsp3) is 0.588. The zero-order valence-electron chi connectivity index (χ0n) is 13.3. The second-order valence-electron chi connectivity index (χ2n) is 6.43. The summed E-state index contributed by atoms with van der Waals surface area (Å²) in [6.07, 6.45) is 7.94. The molecule has 1 N–H and O–H groups in total. The molecule has 1 saturated carbocycles. The molecule has 5 nitrogen and oxygen atoms in total. The van der Waals surface area contributed by atoms with E-state index in [4.69, 9.17) is 4.74 Å². The number of nitrogens with zero attached hydrogens (tertiary/aromatic N) is 2. The number of aromatic nitrogens is 1. The summed E-state index contributed by atoms with van der Waals surface area (Å²) in [5.41, 5.74) is 0. The third-order valence-electron chi connectivity index (χ3n) is 4.58.